The fourth-order valence-corrected chi connectivity index (χ4v) is 2.71. The lowest BCUT2D eigenvalue weighted by molar-refractivity contribution is -0.129. The predicted molar refractivity (Wildman–Crippen MR) is 85.7 cm³/mol. The molecule has 0 saturated heterocycles. The Morgan fingerprint density at radius 2 is 2.10 bits per heavy atom. The van der Waals surface area contributed by atoms with Crippen LogP contribution >= 0.6 is 27.5 Å². The molecule has 7 heteroatoms. The summed E-state index contributed by atoms with van der Waals surface area (Å²) in [7, 11) is 0. The summed E-state index contributed by atoms with van der Waals surface area (Å²) in [6, 6.07) is 2.93. The maximum absolute atomic E-state index is 11.8. The van der Waals surface area contributed by atoms with E-state index in [1.807, 2.05) is 19.9 Å². The fraction of sp³-hybridized carbons (Fsp3) is 0.429. The molecule has 2 amide bonds. The van der Waals surface area contributed by atoms with Crippen molar-refractivity contribution < 1.29 is 14.3 Å². The van der Waals surface area contributed by atoms with Crippen molar-refractivity contribution in [3.05, 3.63) is 27.2 Å². The molecule has 0 aromatic heterocycles. The maximum Gasteiger partial charge on any atom is 0.258 e. The molecule has 21 heavy (non-hydrogen) atoms. The average molecular weight is 378 g/mol. The smallest absolute Gasteiger partial charge is 0.258 e. The van der Waals surface area contributed by atoms with E-state index in [0.717, 1.165) is 10.0 Å². The zero-order valence-corrected chi connectivity index (χ0v) is 14.5. The van der Waals surface area contributed by atoms with Crippen molar-refractivity contribution in [3.63, 3.8) is 0 Å². The van der Waals surface area contributed by atoms with Gasteiger partial charge in [0.2, 0.25) is 5.91 Å². The van der Waals surface area contributed by atoms with Gasteiger partial charge in [0.15, 0.2) is 6.61 Å². The molecule has 2 N–H and O–H groups in total. The van der Waals surface area contributed by atoms with E-state index in [9.17, 15) is 9.59 Å². The van der Waals surface area contributed by atoms with Gasteiger partial charge in [0.1, 0.15) is 11.8 Å². The summed E-state index contributed by atoms with van der Waals surface area (Å²) in [5, 5.41) is 5.61. The van der Waals surface area contributed by atoms with Crippen LogP contribution in [-0.2, 0) is 9.59 Å². The number of hydrogen-bond donors (Lipinski definition) is 2. The van der Waals surface area contributed by atoms with E-state index in [-0.39, 0.29) is 18.4 Å². The monoisotopic (exact) mass is 376 g/mol. The van der Waals surface area contributed by atoms with E-state index in [0.29, 0.717) is 17.3 Å². The molecule has 5 nitrogen and oxygen atoms in total. The molecule has 0 bridgehead atoms. The Bertz CT molecular complexity index is 514. The van der Waals surface area contributed by atoms with Gasteiger partial charge in [-0.05, 0) is 38.5 Å². The van der Waals surface area contributed by atoms with Crippen molar-refractivity contribution in [2.45, 2.75) is 26.8 Å². The standard InChI is InChI=1S/C14H18BrClN2O3/c1-4-17-14(20)9(3)18-12(19)7-21-13-8(2)5-10(15)6-11(13)16/h5-6,9H,4,7H2,1-3H3,(H,17,20)(H,18,19)/t9-/m0/s1. The van der Waals surface area contributed by atoms with Gasteiger partial charge < -0.3 is 15.4 Å². The van der Waals surface area contributed by atoms with E-state index in [4.69, 9.17) is 16.3 Å². The zero-order chi connectivity index (χ0) is 16.0. The van der Waals surface area contributed by atoms with Crippen molar-refractivity contribution in [2.75, 3.05) is 13.2 Å². The molecule has 0 fully saturated rings. The van der Waals surface area contributed by atoms with Crippen LogP contribution in [0.3, 0.4) is 0 Å². The van der Waals surface area contributed by atoms with Crippen LogP contribution in [0.4, 0.5) is 0 Å². The second-order valence-electron chi connectivity index (χ2n) is 4.51. The second kappa shape index (κ2) is 8.24. The number of carbonyl (C=O) groups is 2. The average Bonchev–Trinajstić information content (AvgIpc) is 2.37. The van der Waals surface area contributed by atoms with Gasteiger partial charge in [-0.2, -0.15) is 0 Å². The predicted octanol–water partition coefficient (Wildman–Crippen LogP) is 2.43. The fourth-order valence-electron chi connectivity index (χ4n) is 1.69. The molecule has 1 atom stereocenters. The topological polar surface area (TPSA) is 67.4 Å². The summed E-state index contributed by atoms with van der Waals surface area (Å²) < 4.78 is 6.27. The molecule has 0 saturated carbocycles. The van der Waals surface area contributed by atoms with Gasteiger partial charge >= 0.3 is 0 Å². The maximum atomic E-state index is 11.8. The van der Waals surface area contributed by atoms with E-state index in [2.05, 4.69) is 26.6 Å². The minimum Gasteiger partial charge on any atom is -0.482 e. The first-order valence-corrected chi connectivity index (χ1v) is 7.67. The highest BCUT2D eigenvalue weighted by atomic mass is 79.9. The zero-order valence-electron chi connectivity index (χ0n) is 12.1. The number of likely N-dealkylation sites (N-methyl/N-ethyl adjacent to an activating group) is 1. The van der Waals surface area contributed by atoms with Gasteiger partial charge in [0, 0.05) is 11.0 Å². The number of amides is 2. The number of ether oxygens (including phenoxy) is 1. The SMILES string of the molecule is CCNC(=O)[C@H](C)NC(=O)COc1c(C)cc(Br)cc1Cl. The van der Waals surface area contributed by atoms with Crippen molar-refractivity contribution in [3.8, 4) is 5.75 Å². The van der Waals surface area contributed by atoms with Gasteiger partial charge in [-0.25, -0.2) is 0 Å². The van der Waals surface area contributed by atoms with Gasteiger partial charge in [-0.3, -0.25) is 9.59 Å². The Morgan fingerprint density at radius 3 is 2.67 bits per heavy atom. The molecular weight excluding hydrogens is 360 g/mol. The number of nitrogens with one attached hydrogen (secondary N) is 2. The van der Waals surface area contributed by atoms with Crippen LogP contribution in [0.1, 0.15) is 19.4 Å². The molecule has 0 unspecified atom stereocenters. The molecule has 0 spiro atoms. The van der Waals surface area contributed by atoms with Crippen LogP contribution in [0, 0.1) is 6.92 Å². The van der Waals surface area contributed by atoms with Crippen LogP contribution in [0.2, 0.25) is 5.02 Å². The third-order valence-electron chi connectivity index (χ3n) is 2.66. The first kappa shape index (κ1) is 17.8. The van der Waals surface area contributed by atoms with Gasteiger partial charge in [-0.15, -0.1) is 0 Å². The Morgan fingerprint density at radius 1 is 1.43 bits per heavy atom. The largest absolute Gasteiger partial charge is 0.482 e. The Labute approximate surface area is 137 Å². The highest BCUT2D eigenvalue weighted by Crippen LogP contribution is 2.31. The Balaban J connectivity index is 2.56. The van der Waals surface area contributed by atoms with Gasteiger partial charge in [-0.1, -0.05) is 27.5 Å². The normalized spacial score (nSPS) is 11.7. The van der Waals surface area contributed by atoms with Gasteiger partial charge in [0.05, 0.1) is 5.02 Å². The molecule has 116 valence electrons. The summed E-state index contributed by atoms with van der Waals surface area (Å²) in [5.74, 6) is -0.156. The number of rotatable bonds is 6. The van der Waals surface area contributed by atoms with E-state index < -0.39 is 6.04 Å². The highest BCUT2D eigenvalue weighted by Gasteiger charge is 2.16. The molecule has 0 heterocycles. The Hall–Kier alpha value is -1.27. The summed E-state index contributed by atoms with van der Waals surface area (Å²) >= 11 is 9.39. The number of carbonyl (C=O) groups excluding carboxylic acids is 2. The molecular formula is C14H18BrClN2O3. The molecule has 1 aromatic carbocycles. The lowest BCUT2D eigenvalue weighted by Gasteiger charge is -2.15. The quantitative estimate of drug-likeness (QED) is 0.800. The van der Waals surface area contributed by atoms with Crippen LogP contribution in [0.5, 0.6) is 5.75 Å². The molecule has 0 aliphatic rings. The summed E-state index contributed by atoms with van der Waals surface area (Å²) in [5.41, 5.74) is 0.818. The molecule has 0 aliphatic heterocycles. The molecule has 0 radical (unpaired) electrons. The van der Waals surface area contributed by atoms with Crippen molar-refractivity contribution in [1.29, 1.82) is 0 Å². The van der Waals surface area contributed by atoms with Crippen molar-refractivity contribution in [1.82, 2.24) is 10.6 Å². The molecule has 1 rings (SSSR count). The van der Waals surface area contributed by atoms with E-state index >= 15 is 0 Å². The number of aryl methyl sites for hydroxylation is 1. The third kappa shape index (κ3) is 5.55. The lowest BCUT2D eigenvalue weighted by atomic mass is 10.2. The van der Waals surface area contributed by atoms with Crippen LogP contribution in [-0.4, -0.2) is 31.0 Å². The van der Waals surface area contributed by atoms with Crippen LogP contribution in [0.15, 0.2) is 16.6 Å². The lowest BCUT2D eigenvalue weighted by Crippen LogP contribution is -2.46. The number of benzene rings is 1. The first-order valence-electron chi connectivity index (χ1n) is 6.50. The van der Waals surface area contributed by atoms with Crippen molar-refractivity contribution in [2.24, 2.45) is 0 Å². The summed E-state index contributed by atoms with van der Waals surface area (Å²) in [6.07, 6.45) is 0. The minimum atomic E-state index is -0.609. The van der Waals surface area contributed by atoms with Crippen LogP contribution < -0.4 is 15.4 Å². The molecule has 0 aliphatic carbocycles. The first-order chi connectivity index (χ1) is 9.85. The second-order valence-corrected chi connectivity index (χ2v) is 5.83. The highest BCUT2D eigenvalue weighted by molar-refractivity contribution is 9.10. The van der Waals surface area contributed by atoms with Crippen molar-refractivity contribution >= 4 is 39.3 Å². The number of hydrogen-bond acceptors (Lipinski definition) is 3. The van der Waals surface area contributed by atoms with E-state index in [1.165, 1.54) is 0 Å². The van der Waals surface area contributed by atoms with Gasteiger partial charge in [0.25, 0.3) is 5.91 Å². The molecule has 1 aromatic rings. The number of halogens is 2. The summed E-state index contributed by atoms with van der Waals surface area (Å²) in [4.78, 5) is 23.3. The van der Waals surface area contributed by atoms with E-state index in [1.54, 1.807) is 13.0 Å². The minimum absolute atomic E-state index is 0.202. The summed E-state index contributed by atoms with van der Waals surface area (Å²) in [6.45, 7) is 5.57. The third-order valence-corrected chi connectivity index (χ3v) is 3.40. The van der Waals surface area contributed by atoms with Crippen LogP contribution in [0.25, 0.3) is 0 Å². The Kier molecular flexibility index (Phi) is 6.98.